The second-order valence-electron chi connectivity index (χ2n) is 8.56. The Morgan fingerprint density at radius 2 is 2.18 bits per heavy atom. The lowest BCUT2D eigenvalue weighted by molar-refractivity contribution is -0.138. The van der Waals surface area contributed by atoms with E-state index in [2.05, 4.69) is 37.6 Å². The Labute approximate surface area is 196 Å². The molecular weight excluding hydrogens is 420 g/mol. The van der Waals surface area contributed by atoms with Crippen molar-refractivity contribution in [3.8, 4) is 0 Å². The predicted molar refractivity (Wildman–Crippen MR) is 129 cm³/mol. The highest BCUT2D eigenvalue weighted by Gasteiger charge is 2.20. The van der Waals surface area contributed by atoms with Crippen LogP contribution >= 0.6 is 0 Å². The number of nitrogens with zero attached hydrogens (tertiary/aromatic N) is 4. The molecule has 0 saturated carbocycles. The van der Waals surface area contributed by atoms with E-state index in [1.54, 1.807) is 19.4 Å². The van der Waals surface area contributed by atoms with E-state index < -0.39 is 12.0 Å². The monoisotopic (exact) mass is 456 g/mol. The van der Waals surface area contributed by atoms with Crippen molar-refractivity contribution in [3.05, 3.63) is 42.0 Å². The summed E-state index contributed by atoms with van der Waals surface area (Å²) in [5, 5.41) is 16.0. The number of aliphatic carboxylic acids is 1. The molecular formula is C24H36N6O3. The molecule has 2 aromatic rings. The average Bonchev–Trinajstić information content (AvgIpc) is 2.84. The van der Waals surface area contributed by atoms with Crippen LogP contribution in [0.4, 0.5) is 11.6 Å². The highest BCUT2D eigenvalue weighted by atomic mass is 16.5. The molecule has 0 aliphatic carbocycles. The maximum atomic E-state index is 11.8. The summed E-state index contributed by atoms with van der Waals surface area (Å²) in [7, 11) is 1.70. The molecule has 0 amide bonds. The smallest absolute Gasteiger partial charge is 0.326 e. The number of hydrogen-bond acceptors (Lipinski definition) is 8. The minimum Gasteiger partial charge on any atom is -0.480 e. The number of pyridine rings is 1. The molecule has 0 bridgehead atoms. The normalized spacial score (nSPS) is 14.9. The van der Waals surface area contributed by atoms with Gasteiger partial charge >= 0.3 is 5.97 Å². The van der Waals surface area contributed by atoms with Gasteiger partial charge < -0.3 is 25.4 Å². The third kappa shape index (κ3) is 8.25. The first-order valence-corrected chi connectivity index (χ1v) is 11.8. The topological polar surface area (TPSA) is 113 Å². The van der Waals surface area contributed by atoms with Crippen molar-refractivity contribution in [2.75, 3.05) is 43.9 Å². The molecule has 3 N–H and O–H groups in total. The lowest BCUT2D eigenvalue weighted by Crippen LogP contribution is -2.38. The molecule has 9 heteroatoms. The zero-order chi connectivity index (χ0) is 23.5. The quantitative estimate of drug-likeness (QED) is 0.369. The van der Waals surface area contributed by atoms with Gasteiger partial charge in [0.1, 0.15) is 24.0 Å². The maximum Gasteiger partial charge on any atom is 0.326 e. The van der Waals surface area contributed by atoms with E-state index in [0.29, 0.717) is 18.8 Å². The number of carbonyl (C=O) groups is 1. The molecule has 0 saturated heterocycles. The molecule has 9 nitrogen and oxygen atoms in total. The van der Waals surface area contributed by atoms with E-state index in [4.69, 9.17) is 9.72 Å². The Morgan fingerprint density at radius 1 is 1.30 bits per heavy atom. The summed E-state index contributed by atoms with van der Waals surface area (Å²) in [5.74, 6) is 0.673. The van der Waals surface area contributed by atoms with Crippen molar-refractivity contribution in [3.63, 3.8) is 0 Å². The zero-order valence-electron chi connectivity index (χ0n) is 19.7. The van der Waals surface area contributed by atoms with Crippen LogP contribution in [0.5, 0.6) is 0 Å². The largest absolute Gasteiger partial charge is 0.480 e. The van der Waals surface area contributed by atoms with Gasteiger partial charge in [-0.25, -0.2) is 19.7 Å². The molecule has 3 heterocycles. The lowest BCUT2D eigenvalue weighted by Gasteiger charge is -2.26. The van der Waals surface area contributed by atoms with Crippen molar-refractivity contribution in [1.29, 1.82) is 0 Å². The van der Waals surface area contributed by atoms with Crippen LogP contribution in [-0.2, 0) is 22.4 Å². The fourth-order valence-corrected chi connectivity index (χ4v) is 4.01. The maximum absolute atomic E-state index is 11.8. The molecule has 1 aliphatic rings. The summed E-state index contributed by atoms with van der Waals surface area (Å²) >= 11 is 0. The number of aromatic nitrogens is 3. The number of nitrogens with one attached hydrogen (secondary N) is 2. The van der Waals surface area contributed by atoms with Gasteiger partial charge in [-0.1, -0.05) is 6.07 Å². The number of ether oxygens (including phenoxy) is 1. The van der Waals surface area contributed by atoms with Gasteiger partial charge in [-0.3, -0.25) is 0 Å². The van der Waals surface area contributed by atoms with Gasteiger partial charge in [0, 0.05) is 38.6 Å². The third-order valence-corrected chi connectivity index (χ3v) is 5.96. The van der Waals surface area contributed by atoms with Gasteiger partial charge in [0.15, 0.2) is 0 Å². The summed E-state index contributed by atoms with van der Waals surface area (Å²) in [4.78, 5) is 26.8. The summed E-state index contributed by atoms with van der Waals surface area (Å²) < 4.78 is 5.45. The Hall–Kier alpha value is -2.78. The van der Waals surface area contributed by atoms with E-state index in [0.717, 1.165) is 56.8 Å². The molecule has 0 fully saturated rings. The zero-order valence-corrected chi connectivity index (χ0v) is 19.7. The SMILES string of the molecule is CO[C@H](C)CN(CCCCc1ccc2c(n1)NCCC2)CC[C@H](Nc1ccncn1)C(=O)O. The van der Waals surface area contributed by atoms with Crippen LogP contribution < -0.4 is 10.6 Å². The van der Waals surface area contributed by atoms with E-state index in [1.807, 2.05) is 6.92 Å². The van der Waals surface area contributed by atoms with Gasteiger partial charge in [-0.15, -0.1) is 0 Å². The van der Waals surface area contributed by atoms with Crippen molar-refractivity contribution >= 4 is 17.6 Å². The number of methoxy groups -OCH3 is 1. The molecule has 1 aliphatic heterocycles. The van der Waals surface area contributed by atoms with E-state index in [9.17, 15) is 9.90 Å². The first kappa shape index (κ1) is 24.9. The van der Waals surface area contributed by atoms with Crippen LogP contribution in [0.15, 0.2) is 30.7 Å². The predicted octanol–water partition coefficient (Wildman–Crippen LogP) is 2.84. The number of aryl methyl sites for hydroxylation is 2. The van der Waals surface area contributed by atoms with E-state index in [1.165, 1.54) is 18.3 Å². The van der Waals surface area contributed by atoms with Crippen LogP contribution in [-0.4, -0.2) is 76.4 Å². The van der Waals surface area contributed by atoms with Crippen molar-refractivity contribution < 1.29 is 14.6 Å². The highest BCUT2D eigenvalue weighted by Crippen LogP contribution is 2.20. The van der Waals surface area contributed by atoms with Gasteiger partial charge in [-0.05, 0) is 69.7 Å². The number of carboxylic acids is 1. The number of fused-ring (bicyclic) bond motifs is 1. The van der Waals surface area contributed by atoms with Crippen molar-refractivity contribution in [2.45, 2.75) is 57.6 Å². The Bertz CT molecular complexity index is 867. The number of carboxylic acid groups (broad SMARTS) is 1. The van der Waals surface area contributed by atoms with Crippen LogP contribution in [0.1, 0.15) is 43.9 Å². The van der Waals surface area contributed by atoms with Crippen LogP contribution in [0.3, 0.4) is 0 Å². The second-order valence-corrected chi connectivity index (χ2v) is 8.56. The van der Waals surface area contributed by atoms with E-state index >= 15 is 0 Å². The van der Waals surface area contributed by atoms with Gasteiger partial charge in [0.2, 0.25) is 0 Å². The minimum atomic E-state index is -0.888. The Kier molecular flexibility index (Phi) is 9.83. The fraction of sp³-hybridized carbons (Fsp3) is 0.583. The van der Waals surface area contributed by atoms with Crippen LogP contribution in [0.2, 0.25) is 0 Å². The van der Waals surface area contributed by atoms with Gasteiger partial charge in [0.25, 0.3) is 0 Å². The van der Waals surface area contributed by atoms with Gasteiger partial charge in [0.05, 0.1) is 6.10 Å². The molecule has 0 aromatic carbocycles. The molecule has 3 rings (SSSR count). The molecule has 0 spiro atoms. The molecule has 2 aromatic heterocycles. The highest BCUT2D eigenvalue weighted by molar-refractivity contribution is 5.76. The summed E-state index contributed by atoms with van der Waals surface area (Å²) in [5.41, 5.74) is 2.44. The van der Waals surface area contributed by atoms with Crippen molar-refractivity contribution in [2.24, 2.45) is 0 Å². The first-order valence-electron chi connectivity index (χ1n) is 11.8. The number of rotatable bonds is 14. The van der Waals surface area contributed by atoms with E-state index in [-0.39, 0.29) is 6.10 Å². The molecule has 0 radical (unpaired) electrons. The van der Waals surface area contributed by atoms with Crippen LogP contribution in [0.25, 0.3) is 0 Å². The number of anilines is 2. The van der Waals surface area contributed by atoms with Crippen LogP contribution in [0, 0.1) is 0 Å². The molecule has 2 atom stereocenters. The third-order valence-electron chi connectivity index (χ3n) is 5.96. The standard InChI is InChI=1S/C24H36N6O3/c1-18(33-2)16-30(15-11-21(24(31)32)29-22-10-13-25-17-27-22)14-4-3-7-20-9-8-19-6-5-12-26-23(19)28-20/h8-10,13,17-18,21H,3-7,11-12,14-16H2,1-2H3,(H,26,28)(H,31,32)(H,25,27,29)/t18-,21+/m1/s1. The minimum absolute atomic E-state index is 0.0801. The summed E-state index contributed by atoms with van der Waals surface area (Å²) in [6, 6.07) is 5.30. The number of hydrogen-bond donors (Lipinski definition) is 3. The Balaban J connectivity index is 1.48. The average molecular weight is 457 g/mol. The molecule has 180 valence electrons. The number of unbranched alkanes of at least 4 members (excludes halogenated alkanes) is 1. The fourth-order valence-electron chi connectivity index (χ4n) is 4.01. The summed E-state index contributed by atoms with van der Waals surface area (Å²) in [6.45, 7) is 5.34. The van der Waals surface area contributed by atoms with Crippen molar-refractivity contribution in [1.82, 2.24) is 19.9 Å². The second kappa shape index (κ2) is 13.1. The summed E-state index contributed by atoms with van der Waals surface area (Å²) in [6.07, 6.45) is 8.80. The van der Waals surface area contributed by atoms with Gasteiger partial charge in [-0.2, -0.15) is 0 Å². The first-order chi connectivity index (χ1) is 16.0. The molecule has 33 heavy (non-hydrogen) atoms. The Morgan fingerprint density at radius 3 is 2.94 bits per heavy atom. The molecule has 0 unspecified atom stereocenters. The lowest BCUT2D eigenvalue weighted by atomic mass is 10.1.